The Labute approximate surface area is 163 Å². The van der Waals surface area contributed by atoms with Gasteiger partial charge >= 0.3 is 0 Å². The minimum Gasteiger partial charge on any atom is -0.493 e. The summed E-state index contributed by atoms with van der Waals surface area (Å²) in [5.41, 5.74) is 1.83. The summed E-state index contributed by atoms with van der Waals surface area (Å²) < 4.78 is 16.4. The first kappa shape index (κ1) is 18.1. The molecule has 5 nitrogen and oxygen atoms in total. The maximum Gasteiger partial charge on any atom is 0.231 e. The van der Waals surface area contributed by atoms with Crippen LogP contribution >= 0.6 is 11.6 Å². The van der Waals surface area contributed by atoms with Crippen LogP contribution in [-0.4, -0.2) is 37.7 Å². The third-order valence-electron chi connectivity index (χ3n) is 5.13. The van der Waals surface area contributed by atoms with Crippen LogP contribution in [0.2, 0.25) is 5.02 Å². The minimum atomic E-state index is 0.0100. The van der Waals surface area contributed by atoms with Gasteiger partial charge in [-0.25, -0.2) is 0 Å². The number of hydrogen-bond donors (Lipinski definition) is 0. The Kier molecular flexibility index (Phi) is 5.23. The van der Waals surface area contributed by atoms with E-state index < -0.39 is 0 Å². The molecule has 4 rings (SSSR count). The average Bonchev–Trinajstić information content (AvgIpc) is 3.16. The number of nitrogens with zero attached hydrogens (tertiary/aromatic N) is 1. The molecule has 0 aliphatic carbocycles. The van der Waals surface area contributed by atoms with Gasteiger partial charge in [0.25, 0.3) is 0 Å². The van der Waals surface area contributed by atoms with E-state index in [1.807, 2.05) is 24.3 Å². The molecule has 2 aliphatic rings. The van der Waals surface area contributed by atoms with E-state index in [4.69, 9.17) is 25.8 Å². The lowest BCUT2D eigenvalue weighted by atomic mass is 9.90. The maximum absolute atomic E-state index is 12.8. The van der Waals surface area contributed by atoms with Crippen molar-refractivity contribution < 1.29 is 19.0 Å². The number of halogens is 1. The lowest BCUT2D eigenvalue weighted by Crippen LogP contribution is -2.38. The van der Waals surface area contributed by atoms with Gasteiger partial charge in [0.05, 0.1) is 7.11 Å². The lowest BCUT2D eigenvalue weighted by Gasteiger charge is -2.32. The molecule has 142 valence electrons. The van der Waals surface area contributed by atoms with Gasteiger partial charge in [-0.1, -0.05) is 11.6 Å². The highest BCUT2D eigenvalue weighted by Gasteiger charge is 2.27. The molecule has 0 amide bonds. The Bertz CT molecular complexity index is 837. The summed E-state index contributed by atoms with van der Waals surface area (Å²) in [7, 11) is 1.63. The van der Waals surface area contributed by atoms with E-state index in [-0.39, 0.29) is 18.5 Å². The summed E-state index contributed by atoms with van der Waals surface area (Å²) in [5.74, 6) is 2.27. The Morgan fingerprint density at radius 3 is 2.85 bits per heavy atom. The van der Waals surface area contributed by atoms with Crippen LogP contribution in [0, 0.1) is 5.92 Å². The molecule has 0 unspecified atom stereocenters. The van der Waals surface area contributed by atoms with E-state index in [0.29, 0.717) is 16.5 Å². The highest BCUT2D eigenvalue weighted by atomic mass is 35.5. The molecule has 1 fully saturated rings. The predicted octanol–water partition coefficient (Wildman–Crippen LogP) is 4.17. The summed E-state index contributed by atoms with van der Waals surface area (Å²) in [6.45, 7) is 2.69. The zero-order valence-corrected chi connectivity index (χ0v) is 16.0. The van der Waals surface area contributed by atoms with Gasteiger partial charge in [0.2, 0.25) is 12.5 Å². The number of carbonyl (C=O) groups is 1. The number of hydrogen-bond acceptors (Lipinski definition) is 5. The van der Waals surface area contributed by atoms with Gasteiger partial charge in [0, 0.05) is 29.6 Å². The zero-order chi connectivity index (χ0) is 18.8. The number of Topliss-reactive ketones (excluding diaryl/α,β-unsaturated/α-hetero) is 1. The Hall–Kier alpha value is -2.24. The summed E-state index contributed by atoms with van der Waals surface area (Å²) >= 11 is 5.93. The molecule has 0 saturated carbocycles. The molecule has 0 aromatic heterocycles. The second-order valence-electron chi connectivity index (χ2n) is 6.98. The van der Waals surface area contributed by atoms with E-state index in [2.05, 4.69) is 4.90 Å². The number of rotatable bonds is 5. The monoisotopic (exact) mass is 387 g/mol. The number of carbonyl (C=O) groups excluding carboxylic acids is 1. The third-order valence-corrected chi connectivity index (χ3v) is 5.38. The van der Waals surface area contributed by atoms with Crippen LogP contribution in [-0.2, 0) is 6.54 Å². The Morgan fingerprint density at radius 2 is 2.07 bits per heavy atom. The number of piperidine rings is 1. The molecule has 2 aromatic rings. The van der Waals surface area contributed by atoms with E-state index in [1.54, 1.807) is 19.2 Å². The van der Waals surface area contributed by atoms with E-state index in [0.717, 1.165) is 49.4 Å². The van der Waals surface area contributed by atoms with Crippen molar-refractivity contribution in [2.75, 3.05) is 27.0 Å². The van der Waals surface area contributed by atoms with Crippen LogP contribution in [0.1, 0.15) is 28.8 Å². The highest BCUT2D eigenvalue weighted by Crippen LogP contribution is 2.42. The number of benzene rings is 2. The topological polar surface area (TPSA) is 48.0 Å². The van der Waals surface area contributed by atoms with Crippen molar-refractivity contribution in [3.63, 3.8) is 0 Å². The normalized spacial score (nSPS) is 19.1. The molecule has 2 heterocycles. The smallest absolute Gasteiger partial charge is 0.231 e. The molecule has 1 atom stereocenters. The van der Waals surface area contributed by atoms with Gasteiger partial charge in [0.15, 0.2) is 17.3 Å². The molecular formula is C21H22ClNO4. The summed E-state index contributed by atoms with van der Waals surface area (Å²) in [4.78, 5) is 15.2. The molecule has 1 saturated heterocycles. The van der Waals surface area contributed by atoms with E-state index in [9.17, 15) is 4.79 Å². The first-order valence-corrected chi connectivity index (χ1v) is 9.50. The second-order valence-corrected chi connectivity index (χ2v) is 7.41. The van der Waals surface area contributed by atoms with Crippen molar-refractivity contribution in [3.05, 3.63) is 52.5 Å². The maximum atomic E-state index is 12.8. The molecule has 0 bridgehead atoms. The van der Waals surface area contributed by atoms with Crippen molar-refractivity contribution in [1.82, 2.24) is 4.90 Å². The average molecular weight is 388 g/mol. The molecule has 27 heavy (non-hydrogen) atoms. The van der Waals surface area contributed by atoms with Gasteiger partial charge in [0.1, 0.15) is 0 Å². The van der Waals surface area contributed by atoms with Crippen molar-refractivity contribution in [3.8, 4) is 17.2 Å². The van der Waals surface area contributed by atoms with Gasteiger partial charge in [-0.2, -0.15) is 0 Å². The first-order valence-electron chi connectivity index (χ1n) is 9.12. The van der Waals surface area contributed by atoms with Crippen molar-refractivity contribution in [1.29, 1.82) is 0 Å². The lowest BCUT2D eigenvalue weighted by molar-refractivity contribution is 0.0811. The van der Waals surface area contributed by atoms with Crippen LogP contribution in [0.15, 0.2) is 36.4 Å². The molecule has 2 aliphatic heterocycles. The number of ether oxygens (including phenoxy) is 3. The number of fused-ring (bicyclic) bond motifs is 1. The largest absolute Gasteiger partial charge is 0.493 e. The Morgan fingerprint density at radius 1 is 1.26 bits per heavy atom. The highest BCUT2D eigenvalue weighted by molar-refractivity contribution is 6.30. The van der Waals surface area contributed by atoms with Crippen molar-refractivity contribution in [2.24, 2.45) is 5.92 Å². The van der Waals surface area contributed by atoms with Gasteiger partial charge < -0.3 is 14.2 Å². The number of methoxy groups -OCH3 is 1. The zero-order valence-electron chi connectivity index (χ0n) is 15.2. The molecule has 0 N–H and O–H groups in total. The summed E-state index contributed by atoms with van der Waals surface area (Å²) in [5, 5.41) is 0.647. The van der Waals surface area contributed by atoms with Gasteiger partial charge in [-0.15, -0.1) is 0 Å². The Balaban J connectivity index is 1.46. The quantitative estimate of drug-likeness (QED) is 0.720. The summed E-state index contributed by atoms with van der Waals surface area (Å²) in [6.07, 6.45) is 1.92. The van der Waals surface area contributed by atoms with Crippen LogP contribution in [0.4, 0.5) is 0 Å². The van der Waals surface area contributed by atoms with Crippen LogP contribution in [0.25, 0.3) is 0 Å². The fraction of sp³-hybridized carbons (Fsp3) is 0.381. The van der Waals surface area contributed by atoms with Crippen molar-refractivity contribution in [2.45, 2.75) is 19.4 Å². The standard InChI is InChI=1S/C21H22ClNO4/c1-25-18-9-14(10-19-21(18)27-13-26-19)11-23-8-2-3-16(12-23)20(24)15-4-6-17(22)7-5-15/h4-7,9-10,16H,2-3,8,11-13H2,1H3/t16-/m1/s1. The van der Waals surface area contributed by atoms with Gasteiger partial charge in [-0.05, 0) is 61.3 Å². The van der Waals surface area contributed by atoms with E-state index in [1.165, 1.54) is 0 Å². The predicted molar refractivity (Wildman–Crippen MR) is 103 cm³/mol. The SMILES string of the molecule is COc1cc(CN2CCC[C@@H](C(=O)c3ccc(Cl)cc3)C2)cc2c1OCO2. The number of ketones is 1. The van der Waals surface area contributed by atoms with Crippen molar-refractivity contribution >= 4 is 17.4 Å². The number of likely N-dealkylation sites (tertiary alicyclic amines) is 1. The summed E-state index contributed by atoms with van der Waals surface area (Å²) in [6, 6.07) is 11.1. The van der Waals surface area contributed by atoms with Crippen LogP contribution in [0.3, 0.4) is 0 Å². The second kappa shape index (κ2) is 7.79. The molecule has 0 spiro atoms. The van der Waals surface area contributed by atoms with E-state index >= 15 is 0 Å². The first-order chi connectivity index (χ1) is 13.1. The van der Waals surface area contributed by atoms with Gasteiger partial charge in [-0.3, -0.25) is 9.69 Å². The minimum absolute atomic E-state index is 0.0100. The molecule has 2 aromatic carbocycles. The van der Waals surface area contributed by atoms with Crippen LogP contribution < -0.4 is 14.2 Å². The third kappa shape index (κ3) is 3.89. The molecule has 6 heteroatoms. The molecular weight excluding hydrogens is 366 g/mol. The fourth-order valence-corrected chi connectivity index (χ4v) is 3.92. The molecule has 0 radical (unpaired) electrons. The fourth-order valence-electron chi connectivity index (χ4n) is 3.80. The van der Waals surface area contributed by atoms with Crippen LogP contribution in [0.5, 0.6) is 17.2 Å².